The first-order chi connectivity index (χ1) is 18.7. The molecule has 0 fully saturated rings. The third-order valence-corrected chi connectivity index (χ3v) is 5.70. The second-order valence-corrected chi connectivity index (χ2v) is 8.82. The van der Waals surface area contributed by atoms with Crippen molar-refractivity contribution in [3.63, 3.8) is 0 Å². The van der Waals surface area contributed by atoms with Gasteiger partial charge in [-0.05, 0) is 73.1 Å². The molecule has 1 amide bonds. The van der Waals surface area contributed by atoms with Crippen LogP contribution in [-0.2, 0) is 6.42 Å². The molecular weight excluding hydrogens is 496 g/mol. The molecule has 4 aromatic carbocycles. The zero-order chi connectivity index (χ0) is 26.4. The Morgan fingerprint density at radius 1 is 0.658 bits per heavy atom. The summed E-state index contributed by atoms with van der Waals surface area (Å²) in [6, 6.07) is 34.3. The molecule has 0 radical (unpaired) electrons. The number of carbonyl (C=O) groups excluding carboxylic acids is 1. The standard InChI is InChI=1S/C31H30N2O4S/c34-30(25-13-7-17-28(22-25)37-21-20-36-27-15-5-2-6-16-27)33-31(38)32-26-14-8-18-29(23-26)35-19-9-12-24-10-3-1-4-11-24/h1-8,10-11,13-18,22-23H,9,12,19-21H2,(H2,32,33,34,38). The van der Waals surface area contributed by atoms with E-state index in [1.54, 1.807) is 24.3 Å². The number of benzene rings is 4. The van der Waals surface area contributed by atoms with E-state index in [-0.39, 0.29) is 11.0 Å². The Bertz CT molecular complexity index is 1320. The Morgan fingerprint density at radius 3 is 2.03 bits per heavy atom. The minimum absolute atomic E-state index is 0.193. The van der Waals surface area contributed by atoms with Crippen LogP contribution in [0.4, 0.5) is 5.69 Å². The second-order valence-electron chi connectivity index (χ2n) is 8.41. The molecular formula is C31H30N2O4S. The Labute approximate surface area is 228 Å². The summed E-state index contributed by atoms with van der Waals surface area (Å²) in [5.74, 6) is 1.76. The molecule has 0 aliphatic heterocycles. The maximum absolute atomic E-state index is 12.7. The summed E-state index contributed by atoms with van der Waals surface area (Å²) in [5, 5.41) is 5.95. The lowest BCUT2D eigenvalue weighted by Gasteiger charge is -2.12. The van der Waals surface area contributed by atoms with Crippen molar-refractivity contribution in [1.29, 1.82) is 0 Å². The zero-order valence-electron chi connectivity index (χ0n) is 21.0. The van der Waals surface area contributed by atoms with Gasteiger partial charge in [0.2, 0.25) is 0 Å². The van der Waals surface area contributed by atoms with Crippen molar-refractivity contribution >= 4 is 28.9 Å². The number of anilines is 1. The lowest BCUT2D eigenvalue weighted by molar-refractivity contribution is 0.0977. The third-order valence-electron chi connectivity index (χ3n) is 5.50. The number of ether oxygens (including phenoxy) is 3. The summed E-state index contributed by atoms with van der Waals surface area (Å²) in [4.78, 5) is 12.7. The van der Waals surface area contributed by atoms with Crippen LogP contribution in [0.1, 0.15) is 22.3 Å². The van der Waals surface area contributed by atoms with Gasteiger partial charge in [-0.2, -0.15) is 0 Å². The van der Waals surface area contributed by atoms with Crippen molar-refractivity contribution in [2.45, 2.75) is 12.8 Å². The van der Waals surface area contributed by atoms with Gasteiger partial charge in [-0.15, -0.1) is 0 Å². The van der Waals surface area contributed by atoms with Crippen LogP contribution in [0.2, 0.25) is 0 Å². The number of amides is 1. The highest BCUT2D eigenvalue weighted by atomic mass is 32.1. The summed E-state index contributed by atoms with van der Waals surface area (Å²) in [5.41, 5.74) is 2.46. The first-order valence-electron chi connectivity index (χ1n) is 12.5. The van der Waals surface area contributed by atoms with Gasteiger partial charge in [0.05, 0.1) is 6.61 Å². The highest BCUT2D eigenvalue weighted by molar-refractivity contribution is 7.80. The van der Waals surface area contributed by atoms with E-state index in [2.05, 4.69) is 22.8 Å². The molecule has 2 N–H and O–H groups in total. The molecule has 7 heteroatoms. The van der Waals surface area contributed by atoms with Gasteiger partial charge in [0, 0.05) is 17.3 Å². The number of para-hydroxylation sites is 1. The first-order valence-corrected chi connectivity index (χ1v) is 12.9. The quantitative estimate of drug-likeness (QED) is 0.167. The minimum atomic E-state index is -0.332. The average molecular weight is 527 g/mol. The van der Waals surface area contributed by atoms with Crippen LogP contribution in [0, 0.1) is 0 Å². The van der Waals surface area contributed by atoms with Crippen LogP contribution in [0.25, 0.3) is 0 Å². The van der Waals surface area contributed by atoms with E-state index in [9.17, 15) is 4.79 Å². The first kappa shape index (κ1) is 26.7. The van der Waals surface area contributed by atoms with Crippen molar-refractivity contribution in [3.8, 4) is 17.2 Å². The Balaban J connectivity index is 1.20. The van der Waals surface area contributed by atoms with Crippen LogP contribution < -0.4 is 24.8 Å². The Kier molecular flexibility index (Phi) is 10.1. The molecule has 6 nitrogen and oxygen atoms in total. The third kappa shape index (κ3) is 8.94. The van der Waals surface area contributed by atoms with Crippen molar-refractivity contribution < 1.29 is 19.0 Å². The van der Waals surface area contributed by atoms with Gasteiger partial charge in [-0.1, -0.05) is 60.7 Å². The minimum Gasteiger partial charge on any atom is -0.494 e. The summed E-state index contributed by atoms with van der Waals surface area (Å²) in [7, 11) is 0. The second kappa shape index (κ2) is 14.4. The van der Waals surface area contributed by atoms with E-state index in [1.165, 1.54) is 5.56 Å². The van der Waals surface area contributed by atoms with E-state index < -0.39 is 0 Å². The molecule has 0 atom stereocenters. The fraction of sp³-hybridized carbons (Fsp3) is 0.161. The predicted molar refractivity (Wildman–Crippen MR) is 154 cm³/mol. The van der Waals surface area contributed by atoms with Crippen molar-refractivity contribution in [2.75, 3.05) is 25.1 Å². The normalized spacial score (nSPS) is 10.3. The molecule has 0 bridgehead atoms. The highest BCUT2D eigenvalue weighted by Gasteiger charge is 2.10. The van der Waals surface area contributed by atoms with E-state index in [4.69, 9.17) is 26.4 Å². The summed E-state index contributed by atoms with van der Waals surface area (Å²) in [6.07, 6.45) is 1.88. The molecule has 0 spiro atoms. The SMILES string of the molecule is O=C(NC(=S)Nc1cccc(OCCCc2ccccc2)c1)c1cccc(OCCOc2ccccc2)c1. The summed E-state index contributed by atoms with van der Waals surface area (Å²) >= 11 is 5.35. The molecule has 0 unspecified atom stereocenters. The van der Waals surface area contributed by atoms with E-state index in [1.807, 2.05) is 72.8 Å². The molecule has 0 saturated carbocycles. The van der Waals surface area contributed by atoms with Gasteiger partial charge >= 0.3 is 0 Å². The van der Waals surface area contributed by atoms with E-state index >= 15 is 0 Å². The smallest absolute Gasteiger partial charge is 0.257 e. The molecule has 194 valence electrons. The summed E-state index contributed by atoms with van der Waals surface area (Å²) in [6.45, 7) is 1.35. The molecule has 4 rings (SSSR count). The number of thiocarbonyl (C=S) groups is 1. The molecule has 0 aromatic heterocycles. The van der Waals surface area contributed by atoms with Crippen LogP contribution in [-0.4, -0.2) is 30.8 Å². The zero-order valence-corrected chi connectivity index (χ0v) is 21.8. The predicted octanol–water partition coefficient (Wildman–Crippen LogP) is 6.28. The number of hydrogen-bond donors (Lipinski definition) is 2. The van der Waals surface area contributed by atoms with Crippen molar-refractivity contribution in [3.05, 3.63) is 120 Å². The fourth-order valence-corrected chi connectivity index (χ4v) is 3.89. The molecule has 4 aromatic rings. The van der Waals surface area contributed by atoms with Crippen molar-refractivity contribution in [1.82, 2.24) is 5.32 Å². The largest absolute Gasteiger partial charge is 0.494 e. The maximum Gasteiger partial charge on any atom is 0.257 e. The molecule has 38 heavy (non-hydrogen) atoms. The highest BCUT2D eigenvalue weighted by Crippen LogP contribution is 2.18. The average Bonchev–Trinajstić information content (AvgIpc) is 2.95. The van der Waals surface area contributed by atoms with E-state index in [0.717, 1.165) is 30.0 Å². The molecule has 0 aliphatic carbocycles. The molecule has 0 heterocycles. The lowest BCUT2D eigenvalue weighted by atomic mass is 10.1. The van der Waals surface area contributed by atoms with Crippen LogP contribution >= 0.6 is 12.2 Å². The van der Waals surface area contributed by atoms with Crippen LogP contribution in [0.5, 0.6) is 17.2 Å². The Morgan fingerprint density at radius 2 is 1.26 bits per heavy atom. The summed E-state index contributed by atoms with van der Waals surface area (Å²) < 4.78 is 17.2. The number of hydrogen-bond acceptors (Lipinski definition) is 5. The van der Waals surface area contributed by atoms with Gasteiger partial charge in [0.25, 0.3) is 5.91 Å². The molecule has 0 aliphatic rings. The fourth-order valence-electron chi connectivity index (χ4n) is 3.68. The Hall–Kier alpha value is -4.36. The topological polar surface area (TPSA) is 68.8 Å². The van der Waals surface area contributed by atoms with Crippen molar-refractivity contribution in [2.24, 2.45) is 0 Å². The number of rotatable bonds is 12. The van der Waals surface area contributed by atoms with E-state index in [0.29, 0.717) is 31.1 Å². The van der Waals surface area contributed by atoms with Crippen LogP contribution in [0.15, 0.2) is 109 Å². The van der Waals surface area contributed by atoms with Gasteiger partial charge < -0.3 is 19.5 Å². The van der Waals surface area contributed by atoms with Gasteiger partial charge in [-0.25, -0.2) is 0 Å². The van der Waals surface area contributed by atoms with Gasteiger partial charge in [-0.3, -0.25) is 10.1 Å². The number of aryl methyl sites for hydroxylation is 1. The van der Waals surface area contributed by atoms with Gasteiger partial charge in [0.1, 0.15) is 30.5 Å². The monoisotopic (exact) mass is 526 g/mol. The molecule has 0 saturated heterocycles. The van der Waals surface area contributed by atoms with Crippen LogP contribution in [0.3, 0.4) is 0 Å². The number of nitrogens with one attached hydrogen (secondary N) is 2. The number of carbonyl (C=O) groups is 1. The van der Waals surface area contributed by atoms with Gasteiger partial charge in [0.15, 0.2) is 5.11 Å². The lowest BCUT2D eigenvalue weighted by Crippen LogP contribution is -2.34. The maximum atomic E-state index is 12.7.